The minimum Gasteiger partial charge on any atom is -0.385 e. The van der Waals surface area contributed by atoms with Crippen molar-refractivity contribution in [2.75, 3.05) is 5.32 Å². The molecule has 2 amide bonds. The molecular formula is C18H23N5O3S2. The van der Waals surface area contributed by atoms with Gasteiger partial charge in [-0.2, -0.15) is 0 Å². The molecule has 0 saturated carbocycles. The number of pyridine rings is 1. The van der Waals surface area contributed by atoms with E-state index in [1.165, 1.54) is 6.20 Å². The number of aryl methyl sites for hydroxylation is 2. The zero-order valence-electron chi connectivity index (χ0n) is 15.8. The largest absolute Gasteiger partial charge is 0.385 e. The third kappa shape index (κ3) is 3.57. The highest BCUT2D eigenvalue weighted by molar-refractivity contribution is 7.93. The Morgan fingerprint density at radius 3 is 2.39 bits per heavy atom. The summed E-state index contributed by atoms with van der Waals surface area (Å²) in [6.07, 6.45) is 6.98. The molecule has 0 fully saturated rings. The molecule has 10 heteroatoms. The Labute approximate surface area is 167 Å². The number of thiazole rings is 1. The van der Waals surface area contributed by atoms with Crippen LogP contribution >= 0.6 is 11.3 Å². The Hall–Kier alpha value is -1.88. The normalized spacial score (nSPS) is 17.7. The molecule has 28 heavy (non-hydrogen) atoms. The molecule has 2 aromatic heterocycles. The predicted molar refractivity (Wildman–Crippen MR) is 108 cm³/mol. The molecule has 2 aliphatic rings. The van der Waals surface area contributed by atoms with E-state index in [1.54, 1.807) is 13.8 Å². The van der Waals surface area contributed by atoms with Gasteiger partial charge in [-0.05, 0) is 63.5 Å². The molecule has 4 N–H and O–H groups in total. The summed E-state index contributed by atoms with van der Waals surface area (Å²) in [6.45, 7) is 3.19. The van der Waals surface area contributed by atoms with Crippen LogP contribution in [0.5, 0.6) is 0 Å². The summed E-state index contributed by atoms with van der Waals surface area (Å²) in [5.41, 5.74) is 3.84. The summed E-state index contributed by atoms with van der Waals surface area (Å²) >= 11 is 0.990. The van der Waals surface area contributed by atoms with E-state index in [1.807, 2.05) is 0 Å². The molecule has 0 radical (unpaired) electrons. The number of nitrogens with zero attached hydrogens (tertiary/aromatic N) is 3. The highest BCUT2D eigenvalue weighted by Gasteiger charge is 2.27. The Bertz CT molecular complexity index is 1050. The fraction of sp³-hybridized carbons (Fsp3) is 0.500. The van der Waals surface area contributed by atoms with Crippen molar-refractivity contribution < 1.29 is 14.1 Å². The van der Waals surface area contributed by atoms with Gasteiger partial charge in [0.2, 0.25) is 4.34 Å². The number of hydrogen-bond donors (Lipinski definition) is 3. The quantitative estimate of drug-likeness (QED) is 0.701. The average Bonchev–Trinajstić information content (AvgIpc) is 3.33. The number of carbonyl (C=O) groups is 1. The van der Waals surface area contributed by atoms with E-state index in [2.05, 4.69) is 14.7 Å². The molecule has 2 aromatic rings. The number of rotatable bonds is 3. The first-order valence-corrected chi connectivity index (χ1v) is 11.6. The van der Waals surface area contributed by atoms with Gasteiger partial charge in [0.05, 0.1) is 16.2 Å². The second kappa shape index (κ2) is 6.87. The van der Waals surface area contributed by atoms with E-state index in [0.29, 0.717) is 4.88 Å². The lowest BCUT2D eigenvalue weighted by Gasteiger charge is -2.14. The van der Waals surface area contributed by atoms with Crippen LogP contribution < -0.4 is 10.5 Å². The fourth-order valence-corrected chi connectivity index (χ4v) is 5.79. The van der Waals surface area contributed by atoms with Crippen molar-refractivity contribution in [3.05, 3.63) is 33.6 Å². The summed E-state index contributed by atoms with van der Waals surface area (Å²) < 4.78 is 16.5. The number of carbonyl (C=O) groups excluding carboxylic acids is 1. The van der Waals surface area contributed by atoms with E-state index in [0.717, 1.165) is 78.1 Å². The lowest BCUT2D eigenvalue weighted by Crippen LogP contribution is -2.19. The van der Waals surface area contributed by atoms with Crippen molar-refractivity contribution in [3.8, 4) is 0 Å². The van der Waals surface area contributed by atoms with Crippen molar-refractivity contribution in [3.63, 3.8) is 0 Å². The zero-order valence-corrected chi connectivity index (χ0v) is 17.5. The Kier molecular flexibility index (Phi) is 4.77. The van der Waals surface area contributed by atoms with Gasteiger partial charge in [-0.1, -0.05) is 0 Å². The van der Waals surface area contributed by atoms with Crippen LogP contribution in [0.1, 0.15) is 54.1 Å². The molecule has 0 aromatic carbocycles. The molecule has 0 bridgehead atoms. The highest BCUT2D eigenvalue weighted by Crippen LogP contribution is 2.36. The van der Waals surface area contributed by atoms with Crippen molar-refractivity contribution in [1.29, 1.82) is 0 Å². The second-order valence-corrected chi connectivity index (χ2v) is 10.7. The molecule has 150 valence electrons. The number of amides is 2. The highest BCUT2D eigenvalue weighted by atomic mass is 32.2. The molecule has 2 heterocycles. The van der Waals surface area contributed by atoms with Gasteiger partial charge < -0.3 is 10.4 Å². The van der Waals surface area contributed by atoms with Gasteiger partial charge in [0.25, 0.3) is 0 Å². The SMILES string of the molecule is CC(C)(O)c1cnc(S(N)(=O)=NC(=O)Nc2c3c(nc4c2CCC4)CCC3)s1. The van der Waals surface area contributed by atoms with Crippen LogP contribution in [0.15, 0.2) is 14.9 Å². The standard InChI is InChI=1S/C18H23N5O3S2/c1-18(2,25)14-9-20-17(27-14)28(19,26)23-16(24)22-15-10-5-3-7-12(10)21-13-8-4-6-11(13)15/h9,25H,3-8H2,1-2H3,(H3,19,21,22,23,24,26). The van der Waals surface area contributed by atoms with Crippen LogP contribution in [0.2, 0.25) is 0 Å². The van der Waals surface area contributed by atoms with Gasteiger partial charge in [0.1, 0.15) is 0 Å². The number of aliphatic hydroxyl groups is 1. The first-order valence-electron chi connectivity index (χ1n) is 9.23. The van der Waals surface area contributed by atoms with Crippen molar-refractivity contribution in [1.82, 2.24) is 9.97 Å². The van der Waals surface area contributed by atoms with E-state index < -0.39 is 21.5 Å². The van der Waals surface area contributed by atoms with Crippen LogP contribution in [0, 0.1) is 0 Å². The maximum atomic E-state index is 12.8. The molecule has 0 saturated heterocycles. The monoisotopic (exact) mass is 421 g/mol. The first kappa shape index (κ1) is 19.4. The number of aromatic nitrogens is 2. The van der Waals surface area contributed by atoms with Gasteiger partial charge in [-0.25, -0.2) is 19.1 Å². The van der Waals surface area contributed by atoms with Crippen molar-refractivity contribution in [2.45, 2.75) is 62.3 Å². The van der Waals surface area contributed by atoms with E-state index >= 15 is 0 Å². The minimum absolute atomic E-state index is 0.0185. The van der Waals surface area contributed by atoms with Crippen molar-refractivity contribution in [2.24, 2.45) is 9.50 Å². The van der Waals surface area contributed by atoms with Gasteiger partial charge in [0.15, 0.2) is 9.92 Å². The summed E-state index contributed by atoms with van der Waals surface area (Å²) in [5.74, 6) is 0. The van der Waals surface area contributed by atoms with Crippen LogP contribution in [-0.2, 0) is 41.2 Å². The molecular weight excluding hydrogens is 398 g/mol. The maximum Gasteiger partial charge on any atom is 0.354 e. The van der Waals surface area contributed by atoms with Crippen LogP contribution in [-0.4, -0.2) is 25.3 Å². The van der Waals surface area contributed by atoms with E-state index in [9.17, 15) is 14.1 Å². The van der Waals surface area contributed by atoms with E-state index in [-0.39, 0.29) is 4.34 Å². The lowest BCUT2D eigenvalue weighted by molar-refractivity contribution is 0.0823. The predicted octanol–water partition coefficient (Wildman–Crippen LogP) is 2.68. The molecule has 2 aliphatic carbocycles. The molecule has 1 unspecified atom stereocenters. The van der Waals surface area contributed by atoms with Crippen LogP contribution in [0.25, 0.3) is 0 Å². The van der Waals surface area contributed by atoms with Gasteiger partial charge >= 0.3 is 6.03 Å². The topological polar surface area (TPSA) is 131 Å². The Morgan fingerprint density at radius 2 is 1.86 bits per heavy atom. The summed E-state index contributed by atoms with van der Waals surface area (Å²) in [7, 11) is -3.50. The summed E-state index contributed by atoms with van der Waals surface area (Å²) in [4.78, 5) is 21.8. The molecule has 4 rings (SSSR count). The first-order chi connectivity index (χ1) is 13.1. The summed E-state index contributed by atoms with van der Waals surface area (Å²) in [6, 6.07) is -0.748. The molecule has 0 aliphatic heterocycles. The van der Waals surface area contributed by atoms with E-state index in [4.69, 9.17) is 10.1 Å². The number of hydrogen-bond acceptors (Lipinski definition) is 6. The smallest absolute Gasteiger partial charge is 0.354 e. The second-order valence-electron chi connectivity index (χ2n) is 7.68. The Balaban J connectivity index is 1.65. The number of fused-ring (bicyclic) bond motifs is 2. The van der Waals surface area contributed by atoms with Gasteiger partial charge in [-0.15, -0.1) is 15.7 Å². The number of nitrogens with one attached hydrogen (secondary N) is 1. The van der Waals surface area contributed by atoms with Gasteiger partial charge in [-0.3, -0.25) is 4.98 Å². The molecule has 0 spiro atoms. The van der Waals surface area contributed by atoms with Crippen LogP contribution in [0.4, 0.5) is 10.5 Å². The lowest BCUT2D eigenvalue weighted by atomic mass is 10.1. The number of anilines is 1. The Morgan fingerprint density at radius 1 is 1.25 bits per heavy atom. The third-order valence-corrected chi connectivity index (χ3v) is 8.15. The van der Waals surface area contributed by atoms with Crippen LogP contribution in [0.3, 0.4) is 0 Å². The maximum absolute atomic E-state index is 12.8. The van der Waals surface area contributed by atoms with Gasteiger partial charge in [0, 0.05) is 17.6 Å². The third-order valence-electron chi connectivity index (χ3n) is 5.04. The number of urea groups is 1. The molecule has 8 nitrogen and oxygen atoms in total. The minimum atomic E-state index is -3.50. The number of nitrogens with two attached hydrogens (primary N) is 1. The average molecular weight is 422 g/mol. The zero-order chi connectivity index (χ0) is 20.1. The summed E-state index contributed by atoms with van der Waals surface area (Å²) in [5, 5.41) is 18.7. The molecule has 1 atom stereocenters. The fourth-order valence-electron chi connectivity index (χ4n) is 3.70. The van der Waals surface area contributed by atoms with Crippen molar-refractivity contribution >= 4 is 33.0 Å².